The number of methoxy groups -OCH3 is 2. The molecule has 0 unspecified atom stereocenters. The lowest BCUT2D eigenvalue weighted by Crippen LogP contribution is -2.29. The van der Waals surface area contributed by atoms with Crippen LogP contribution in [-0.4, -0.2) is 40.1 Å². The Hall–Kier alpha value is -2.62. The van der Waals surface area contributed by atoms with E-state index in [0.29, 0.717) is 22.8 Å². The number of nitrogens with zero attached hydrogens (tertiary/aromatic N) is 4. The van der Waals surface area contributed by atoms with Crippen LogP contribution in [0.15, 0.2) is 23.2 Å². The molecule has 0 bridgehead atoms. The number of rotatable bonds is 5. The first kappa shape index (κ1) is 18.2. The maximum Gasteiger partial charge on any atom is 0.324 e. The first-order chi connectivity index (χ1) is 12.4. The largest absolute Gasteiger partial charge is 0.467 e. The first-order valence-corrected chi connectivity index (χ1v) is 8.81. The summed E-state index contributed by atoms with van der Waals surface area (Å²) < 4.78 is 24.5. The van der Waals surface area contributed by atoms with Crippen molar-refractivity contribution in [2.45, 2.75) is 18.9 Å². The van der Waals surface area contributed by atoms with Crippen molar-refractivity contribution in [3.8, 4) is 12.0 Å². The van der Waals surface area contributed by atoms with Gasteiger partial charge in [0.1, 0.15) is 5.82 Å². The standard InChI is InChI=1S/C16H19FN6O2S/c1-16(6-7-26-12(18)23-16)10-8-9(4-5-11(10)17)19-13-20-14(24-2)22-15(21-13)25-3/h4-5,8H,6-7H2,1-3H3,(H2,18,23)(H,19,20,21,22)/t16-/m0/s1. The van der Waals surface area contributed by atoms with E-state index in [1.54, 1.807) is 12.1 Å². The van der Waals surface area contributed by atoms with Crippen molar-refractivity contribution < 1.29 is 13.9 Å². The lowest BCUT2D eigenvalue weighted by atomic mass is 9.89. The zero-order chi connectivity index (χ0) is 18.7. The van der Waals surface area contributed by atoms with Gasteiger partial charge in [-0.25, -0.2) is 4.39 Å². The molecule has 10 heteroatoms. The van der Waals surface area contributed by atoms with Gasteiger partial charge >= 0.3 is 12.0 Å². The van der Waals surface area contributed by atoms with E-state index in [1.165, 1.54) is 32.0 Å². The number of amidine groups is 1. The van der Waals surface area contributed by atoms with Crippen LogP contribution in [0.25, 0.3) is 0 Å². The quantitative estimate of drug-likeness (QED) is 0.817. The maximum atomic E-state index is 14.5. The molecule has 1 atom stereocenters. The van der Waals surface area contributed by atoms with Gasteiger partial charge in [-0.1, -0.05) is 11.8 Å². The van der Waals surface area contributed by atoms with Crippen molar-refractivity contribution in [1.29, 1.82) is 0 Å². The van der Waals surface area contributed by atoms with Gasteiger partial charge in [0, 0.05) is 17.0 Å². The molecule has 3 rings (SSSR count). The van der Waals surface area contributed by atoms with Crippen LogP contribution in [0.3, 0.4) is 0 Å². The first-order valence-electron chi connectivity index (χ1n) is 7.83. The normalized spacial score (nSPS) is 19.6. The fraction of sp³-hybridized carbons (Fsp3) is 0.375. The fourth-order valence-electron chi connectivity index (χ4n) is 2.60. The summed E-state index contributed by atoms with van der Waals surface area (Å²) in [6.45, 7) is 1.87. The van der Waals surface area contributed by atoms with Crippen LogP contribution in [0, 0.1) is 5.82 Å². The topological polar surface area (TPSA) is 108 Å². The second-order valence-electron chi connectivity index (χ2n) is 5.77. The van der Waals surface area contributed by atoms with E-state index >= 15 is 0 Å². The molecule has 138 valence electrons. The van der Waals surface area contributed by atoms with Gasteiger partial charge in [-0.15, -0.1) is 4.98 Å². The van der Waals surface area contributed by atoms with E-state index in [0.717, 1.165) is 5.75 Å². The molecular formula is C16H19FN6O2S. The molecule has 0 spiro atoms. The summed E-state index contributed by atoms with van der Waals surface area (Å²) in [6, 6.07) is 4.87. The van der Waals surface area contributed by atoms with Crippen molar-refractivity contribution in [3.63, 3.8) is 0 Å². The van der Waals surface area contributed by atoms with Gasteiger partial charge in [-0.05, 0) is 31.5 Å². The molecular weight excluding hydrogens is 359 g/mol. The number of halogens is 1. The fourth-order valence-corrected chi connectivity index (χ4v) is 3.58. The summed E-state index contributed by atoms with van der Waals surface area (Å²) in [5, 5.41) is 3.48. The van der Waals surface area contributed by atoms with Crippen molar-refractivity contribution in [3.05, 3.63) is 29.6 Å². The molecule has 1 aliphatic rings. The minimum Gasteiger partial charge on any atom is -0.467 e. The Kier molecular flexibility index (Phi) is 5.12. The lowest BCUT2D eigenvalue weighted by Gasteiger charge is -2.30. The third kappa shape index (κ3) is 3.79. The molecule has 0 saturated heterocycles. The average molecular weight is 378 g/mol. The Morgan fingerprint density at radius 2 is 1.88 bits per heavy atom. The van der Waals surface area contributed by atoms with Crippen LogP contribution in [0.5, 0.6) is 12.0 Å². The molecule has 8 nitrogen and oxygen atoms in total. The number of aromatic nitrogens is 3. The summed E-state index contributed by atoms with van der Waals surface area (Å²) in [5.74, 6) is 0.663. The number of thioether (sulfide) groups is 1. The number of hydrogen-bond acceptors (Lipinski definition) is 9. The molecule has 0 saturated carbocycles. The van der Waals surface area contributed by atoms with E-state index in [2.05, 4.69) is 25.3 Å². The highest BCUT2D eigenvalue weighted by Crippen LogP contribution is 2.37. The number of aliphatic imine (C=N–C) groups is 1. The highest BCUT2D eigenvalue weighted by atomic mass is 32.2. The molecule has 1 aromatic carbocycles. The van der Waals surface area contributed by atoms with Crippen LogP contribution >= 0.6 is 11.8 Å². The molecule has 3 N–H and O–H groups in total. The van der Waals surface area contributed by atoms with E-state index in [-0.39, 0.29) is 23.8 Å². The van der Waals surface area contributed by atoms with Crippen LogP contribution in [0.4, 0.5) is 16.0 Å². The zero-order valence-corrected chi connectivity index (χ0v) is 15.4. The Balaban J connectivity index is 1.95. The second-order valence-corrected chi connectivity index (χ2v) is 6.89. The van der Waals surface area contributed by atoms with Gasteiger partial charge in [-0.2, -0.15) is 9.97 Å². The number of anilines is 2. The van der Waals surface area contributed by atoms with Crippen LogP contribution in [-0.2, 0) is 5.54 Å². The number of benzene rings is 1. The van der Waals surface area contributed by atoms with Crippen molar-refractivity contribution in [1.82, 2.24) is 15.0 Å². The average Bonchev–Trinajstić information content (AvgIpc) is 2.62. The van der Waals surface area contributed by atoms with Gasteiger partial charge in [0.2, 0.25) is 5.95 Å². The number of nitrogens with two attached hydrogens (primary N) is 1. The molecule has 2 heterocycles. The SMILES string of the molecule is COc1nc(Nc2ccc(F)c([C@]3(C)CCSC(N)=N3)c2)nc(OC)n1. The van der Waals surface area contributed by atoms with Gasteiger partial charge in [0.15, 0.2) is 5.17 Å². The van der Waals surface area contributed by atoms with Crippen LogP contribution in [0.2, 0.25) is 0 Å². The minimum absolute atomic E-state index is 0.107. The third-order valence-electron chi connectivity index (χ3n) is 3.96. The van der Waals surface area contributed by atoms with Crippen molar-refractivity contribution >= 4 is 28.6 Å². The molecule has 0 amide bonds. The molecule has 26 heavy (non-hydrogen) atoms. The zero-order valence-electron chi connectivity index (χ0n) is 14.6. The molecule has 0 radical (unpaired) electrons. The van der Waals surface area contributed by atoms with E-state index < -0.39 is 5.54 Å². The van der Waals surface area contributed by atoms with Crippen molar-refractivity contribution in [2.75, 3.05) is 25.3 Å². The van der Waals surface area contributed by atoms with E-state index in [9.17, 15) is 4.39 Å². The van der Waals surface area contributed by atoms with Crippen LogP contribution < -0.4 is 20.5 Å². The Morgan fingerprint density at radius 1 is 1.19 bits per heavy atom. The predicted molar refractivity (Wildman–Crippen MR) is 98.7 cm³/mol. The third-order valence-corrected chi connectivity index (χ3v) is 4.75. The molecule has 0 fully saturated rings. The summed E-state index contributed by atoms with van der Waals surface area (Å²) >= 11 is 1.47. The summed E-state index contributed by atoms with van der Waals surface area (Å²) in [4.78, 5) is 16.6. The van der Waals surface area contributed by atoms with E-state index in [1.807, 2.05) is 6.92 Å². The monoisotopic (exact) mass is 378 g/mol. The number of nitrogens with one attached hydrogen (secondary N) is 1. The Labute approximate surface area is 154 Å². The summed E-state index contributed by atoms with van der Waals surface area (Å²) in [5.41, 5.74) is 6.19. The highest BCUT2D eigenvalue weighted by molar-refractivity contribution is 8.13. The van der Waals surface area contributed by atoms with Crippen molar-refractivity contribution in [2.24, 2.45) is 10.7 Å². The minimum atomic E-state index is -0.717. The van der Waals surface area contributed by atoms with Gasteiger partial charge in [0.25, 0.3) is 0 Å². The van der Waals surface area contributed by atoms with E-state index in [4.69, 9.17) is 15.2 Å². The molecule has 2 aromatic rings. The molecule has 1 aromatic heterocycles. The smallest absolute Gasteiger partial charge is 0.324 e. The molecule has 1 aliphatic heterocycles. The maximum absolute atomic E-state index is 14.5. The molecule has 0 aliphatic carbocycles. The lowest BCUT2D eigenvalue weighted by molar-refractivity contribution is 0.341. The Bertz CT molecular complexity index is 827. The number of hydrogen-bond donors (Lipinski definition) is 2. The summed E-state index contributed by atoms with van der Waals surface area (Å²) in [7, 11) is 2.89. The highest BCUT2D eigenvalue weighted by Gasteiger charge is 2.32. The second kappa shape index (κ2) is 7.32. The summed E-state index contributed by atoms with van der Waals surface area (Å²) in [6.07, 6.45) is 0.687. The number of ether oxygens (including phenoxy) is 2. The predicted octanol–water partition coefficient (Wildman–Crippen LogP) is 2.44. The van der Waals surface area contributed by atoms with Gasteiger partial charge in [0.05, 0.1) is 19.8 Å². The van der Waals surface area contributed by atoms with Gasteiger partial charge in [-0.3, -0.25) is 4.99 Å². The van der Waals surface area contributed by atoms with Crippen LogP contribution in [0.1, 0.15) is 18.9 Å². The Morgan fingerprint density at radius 3 is 2.50 bits per heavy atom. The van der Waals surface area contributed by atoms with Gasteiger partial charge < -0.3 is 20.5 Å².